The Balaban J connectivity index is 2.20. The highest BCUT2D eigenvalue weighted by Gasteiger charge is 2.04. The number of aryl methyl sites for hydroxylation is 1. The van der Waals surface area contributed by atoms with Gasteiger partial charge in [-0.15, -0.1) is 11.3 Å². The van der Waals surface area contributed by atoms with Gasteiger partial charge >= 0.3 is 0 Å². The molecule has 0 saturated carbocycles. The van der Waals surface area contributed by atoms with Crippen LogP contribution in [-0.2, 0) is 11.3 Å². The molecular weight excluding hydrogens is 240 g/mol. The lowest BCUT2D eigenvalue weighted by Crippen LogP contribution is -1.99. The highest BCUT2D eigenvalue weighted by Crippen LogP contribution is 2.30. The van der Waals surface area contributed by atoms with E-state index in [1.165, 1.54) is 4.21 Å². The molecule has 0 N–H and O–H groups in total. The monoisotopic (exact) mass is 252 g/mol. The largest absolute Gasteiger partial charge is 0.377 e. The molecule has 16 heavy (non-hydrogen) atoms. The van der Waals surface area contributed by atoms with Crippen LogP contribution < -0.4 is 0 Å². The molecule has 0 radical (unpaired) electrons. The van der Waals surface area contributed by atoms with Crippen LogP contribution in [0.25, 0.3) is 0 Å². The van der Waals surface area contributed by atoms with Gasteiger partial charge in [-0.05, 0) is 24.4 Å². The topological polar surface area (TPSA) is 35.0 Å². The van der Waals surface area contributed by atoms with Crippen LogP contribution in [0.3, 0.4) is 0 Å². The summed E-state index contributed by atoms with van der Waals surface area (Å²) in [7, 11) is 1.65. The second-order valence-corrected chi connectivity index (χ2v) is 5.50. The first-order valence-corrected chi connectivity index (χ1v) is 6.52. The summed E-state index contributed by atoms with van der Waals surface area (Å²) >= 11 is 3.37. The molecule has 84 valence electrons. The minimum absolute atomic E-state index is 0.458. The maximum absolute atomic E-state index is 5.04. The van der Waals surface area contributed by atoms with Crippen LogP contribution in [0.1, 0.15) is 11.5 Å². The van der Waals surface area contributed by atoms with Crippen molar-refractivity contribution >= 4 is 23.1 Å². The van der Waals surface area contributed by atoms with E-state index in [-0.39, 0.29) is 0 Å². The molecule has 0 unspecified atom stereocenters. The van der Waals surface area contributed by atoms with Crippen LogP contribution in [0.4, 0.5) is 0 Å². The molecule has 0 saturated heterocycles. The zero-order valence-electron chi connectivity index (χ0n) is 9.14. The molecule has 2 rings (SSSR count). The predicted octanol–water partition coefficient (Wildman–Crippen LogP) is 3.14. The SMILES string of the molecule is COCc1nc(C)cc(Sc2cccs2)n1. The molecule has 5 heteroatoms. The van der Waals surface area contributed by atoms with Crippen molar-refractivity contribution in [2.75, 3.05) is 7.11 Å². The summed E-state index contributed by atoms with van der Waals surface area (Å²) in [5, 5.41) is 3.04. The van der Waals surface area contributed by atoms with Gasteiger partial charge in [-0.1, -0.05) is 17.8 Å². The summed E-state index contributed by atoms with van der Waals surface area (Å²) < 4.78 is 6.28. The number of hydrogen-bond donors (Lipinski definition) is 0. The zero-order chi connectivity index (χ0) is 11.4. The molecule has 0 aliphatic heterocycles. The summed E-state index contributed by atoms with van der Waals surface area (Å²) in [6, 6.07) is 6.11. The number of rotatable bonds is 4. The van der Waals surface area contributed by atoms with Crippen molar-refractivity contribution in [1.29, 1.82) is 0 Å². The van der Waals surface area contributed by atoms with Gasteiger partial charge in [0, 0.05) is 12.8 Å². The van der Waals surface area contributed by atoms with E-state index in [4.69, 9.17) is 4.74 Å². The Morgan fingerprint density at radius 1 is 1.44 bits per heavy atom. The Kier molecular flexibility index (Phi) is 3.93. The number of methoxy groups -OCH3 is 1. The van der Waals surface area contributed by atoms with Gasteiger partial charge in [0.05, 0.1) is 4.21 Å². The highest BCUT2D eigenvalue weighted by atomic mass is 32.2. The first kappa shape index (κ1) is 11.6. The van der Waals surface area contributed by atoms with E-state index >= 15 is 0 Å². The molecule has 0 fully saturated rings. The van der Waals surface area contributed by atoms with Crippen LogP contribution in [-0.4, -0.2) is 17.1 Å². The molecule has 0 aliphatic rings. The maximum atomic E-state index is 5.04. The number of hydrogen-bond acceptors (Lipinski definition) is 5. The Hall–Kier alpha value is -0.910. The van der Waals surface area contributed by atoms with Crippen LogP contribution in [0.2, 0.25) is 0 Å². The third-order valence-corrected chi connectivity index (χ3v) is 3.81. The molecule has 0 aliphatic carbocycles. The van der Waals surface area contributed by atoms with Crippen molar-refractivity contribution in [3.63, 3.8) is 0 Å². The third kappa shape index (κ3) is 3.04. The fourth-order valence-electron chi connectivity index (χ4n) is 1.27. The first-order chi connectivity index (χ1) is 7.78. The van der Waals surface area contributed by atoms with E-state index in [9.17, 15) is 0 Å². The van der Waals surface area contributed by atoms with Crippen molar-refractivity contribution in [2.45, 2.75) is 22.8 Å². The Labute approximate surface area is 103 Å². The maximum Gasteiger partial charge on any atom is 0.155 e. The molecule has 0 atom stereocenters. The summed E-state index contributed by atoms with van der Waals surface area (Å²) in [5.74, 6) is 0.738. The van der Waals surface area contributed by atoms with Gasteiger partial charge in [-0.3, -0.25) is 0 Å². The Morgan fingerprint density at radius 2 is 2.31 bits per heavy atom. The standard InChI is InChI=1S/C11H12N2OS2/c1-8-6-10(13-9(12-8)7-14-2)16-11-4-3-5-15-11/h3-6H,7H2,1-2H3. The van der Waals surface area contributed by atoms with Crippen LogP contribution in [0, 0.1) is 6.92 Å². The van der Waals surface area contributed by atoms with Gasteiger partial charge in [0.25, 0.3) is 0 Å². The minimum Gasteiger partial charge on any atom is -0.377 e. The Bertz CT molecular complexity index is 457. The van der Waals surface area contributed by atoms with Gasteiger partial charge in [-0.2, -0.15) is 0 Å². The van der Waals surface area contributed by atoms with Crippen LogP contribution >= 0.6 is 23.1 Å². The molecule has 2 heterocycles. The molecule has 0 amide bonds. The molecule has 2 aromatic heterocycles. The van der Waals surface area contributed by atoms with Crippen LogP contribution in [0.5, 0.6) is 0 Å². The van der Waals surface area contributed by atoms with E-state index in [0.29, 0.717) is 6.61 Å². The zero-order valence-corrected chi connectivity index (χ0v) is 10.8. The number of aromatic nitrogens is 2. The van der Waals surface area contributed by atoms with Gasteiger partial charge in [0.15, 0.2) is 5.82 Å². The van der Waals surface area contributed by atoms with Gasteiger partial charge in [0.2, 0.25) is 0 Å². The molecule has 0 bridgehead atoms. The summed E-state index contributed by atoms with van der Waals surface area (Å²) in [5.41, 5.74) is 0.973. The fraction of sp³-hybridized carbons (Fsp3) is 0.273. The normalized spacial score (nSPS) is 10.6. The van der Waals surface area contributed by atoms with Crippen molar-refractivity contribution in [2.24, 2.45) is 0 Å². The lowest BCUT2D eigenvalue weighted by atomic mass is 10.4. The number of ether oxygens (including phenoxy) is 1. The second kappa shape index (κ2) is 5.43. The lowest BCUT2D eigenvalue weighted by molar-refractivity contribution is 0.177. The van der Waals surface area contributed by atoms with Gasteiger partial charge in [0.1, 0.15) is 11.6 Å². The smallest absolute Gasteiger partial charge is 0.155 e. The molecule has 2 aromatic rings. The average Bonchev–Trinajstić information content (AvgIpc) is 2.70. The number of nitrogens with zero attached hydrogens (tertiary/aromatic N) is 2. The number of thiophene rings is 1. The van der Waals surface area contributed by atoms with E-state index in [0.717, 1.165) is 16.5 Å². The molecule has 3 nitrogen and oxygen atoms in total. The summed E-state index contributed by atoms with van der Waals surface area (Å²) in [6.45, 7) is 2.43. The Morgan fingerprint density at radius 3 is 3.00 bits per heavy atom. The van der Waals surface area contributed by atoms with E-state index in [1.54, 1.807) is 30.2 Å². The van der Waals surface area contributed by atoms with E-state index < -0.39 is 0 Å². The fourth-order valence-corrected chi connectivity index (χ4v) is 3.07. The van der Waals surface area contributed by atoms with Crippen molar-refractivity contribution < 1.29 is 4.74 Å². The van der Waals surface area contributed by atoms with Gasteiger partial charge in [-0.25, -0.2) is 9.97 Å². The molecule has 0 aromatic carbocycles. The quantitative estimate of drug-likeness (QED) is 0.783. The summed E-state index contributed by atoms with van der Waals surface area (Å²) in [4.78, 5) is 8.74. The second-order valence-electron chi connectivity index (χ2n) is 3.23. The van der Waals surface area contributed by atoms with Crippen LogP contribution in [0.15, 0.2) is 32.8 Å². The molecule has 0 spiro atoms. The molecular formula is C11H12N2OS2. The predicted molar refractivity (Wildman–Crippen MR) is 65.9 cm³/mol. The highest BCUT2D eigenvalue weighted by molar-refractivity contribution is 8.01. The van der Waals surface area contributed by atoms with Crippen molar-refractivity contribution in [1.82, 2.24) is 9.97 Å². The van der Waals surface area contributed by atoms with Crippen molar-refractivity contribution in [3.05, 3.63) is 35.1 Å². The van der Waals surface area contributed by atoms with Crippen molar-refractivity contribution in [3.8, 4) is 0 Å². The summed E-state index contributed by atoms with van der Waals surface area (Å²) in [6.07, 6.45) is 0. The minimum atomic E-state index is 0.458. The average molecular weight is 252 g/mol. The van der Waals surface area contributed by atoms with E-state index in [1.807, 2.05) is 19.1 Å². The van der Waals surface area contributed by atoms with E-state index in [2.05, 4.69) is 21.4 Å². The lowest BCUT2D eigenvalue weighted by Gasteiger charge is -2.03. The van der Waals surface area contributed by atoms with Gasteiger partial charge < -0.3 is 4.74 Å². The first-order valence-electron chi connectivity index (χ1n) is 4.83. The third-order valence-electron chi connectivity index (χ3n) is 1.85.